The molecule has 3 heteroatoms. The SMILES string of the molecule is CC(CCC(C)(C)CCCBr)O[C@@H](O)C1CCCC1. The first-order chi connectivity index (χ1) is 8.94. The van der Waals surface area contributed by atoms with Crippen molar-refractivity contribution in [1.82, 2.24) is 0 Å². The molecular formula is C16H31BrO2. The minimum Gasteiger partial charge on any atom is -0.368 e. The fraction of sp³-hybridized carbons (Fsp3) is 1.00. The van der Waals surface area contributed by atoms with Crippen molar-refractivity contribution in [3.05, 3.63) is 0 Å². The molecule has 114 valence electrons. The van der Waals surface area contributed by atoms with Crippen molar-refractivity contribution in [2.45, 2.75) is 84.5 Å². The van der Waals surface area contributed by atoms with Gasteiger partial charge < -0.3 is 9.84 Å². The second kappa shape index (κ2) is 8.63. The molecular weight excluding hydrogens is 304 g/mol. The van der Waals surface area contributed by atoms with Gasteiger partial charge in [-0.05, 0) is 50.9 Å². The fourth-order valence-corrected chi connectivity index (χ4v) is 3.20. The van der Waals surface area contributed by atoms with E-state index in [-0.39, 0.29) is 6.10 Å². The summed E-state index contributed by atoms with van der Waals surface area (Å²) in [6, 6.07) is 0. The van der Waals surface area contributed by atoms with Gasteiger partial charge in [0.05, 0.1) is 6.10 Å². The molecule has 1 aliphatic carbocycles. The standard InChI is InChI=1S/C16H31BrO2/c1-13(9-11-16(2,3)10-6-12-17)19-15(18)14-7-4-5-8-14/h13-15,18H,4-12H2,1-3H3/t13?,15-/m1/s1. The molecule has 0 amide bonds. The first-order valence-corrected chi connectivity index (χ1v) is 8.96. The molecule has 0 aliphatic heterocycles. The average molecular weight is 335 g/mol. The van der Waals surface area contributed by atoms with Gasteiger partial charge in [0.15, 0.2) is 6.29 Å². The lowest BCUT2D eigenvalue weighted by atomic mass is 9.83. The lowest BCUT2D eigenvalue weighted by molar-refractivity contribution is -0.162. The Hall–Kier alpha value is 0.400. The topological polar surface area (TPSA) is 29.5 Å². The Morgan fingerprint density at radius 2 is 1.89 bits per heavy atom. The molecule has 1 N–H and O–H groups in total. The van der Waals surface area contributed by atoms with E-state index in [4.69, 9.17) is 4.74 Å². The molecule has 1 aliphatic rings. The molecule has 1 rings (SSSR count). The lowest BCUT2D eigenvalue weighted by Crippen LogP contribution is -2.27. The van der Waals surface area contributed by atoms with E-state index in [2.05, 4.69) is 36.7 Å². The zero-order chi connectivity index (χ0) is 14.3. The maximum absolute atomic E-state index is 10.1. The molecule has 1 saturated carbocycles. The van der Waals surface area contributed by atoms with Gasteiger partial charge in [0.2, 0.25) is 0 Å². The van der Waals surface area contributed by atoms with Crippen LogP contribution in [-0.4, -0.2) is 22.8 Å². The highest BCUT2D eigenvalue weighted by molar-refractivity contribution is 9.09. The van der Waals surface area contributed by atoms with Gasteiger partial charge in [-0.15, -0.1) is 0 Å². The summed E-state index contributed by atoms with van der Waals surface area (Å²) in [4.78, 5) is 0. The highest BCUT2D eigenvalue weighted by Gasteiger charge is 2.26. The van der Waals surface area contributed by atoms with E-state index in [1.807, 2.05) is 0 Å². The number of ether oxygens (including phenoxy) is 1. The third kappa shape index (κ3) is 7.10. The van der Waals surface area contributed by atoms with Gasteiger partial charge in [0, 0.05) is 11.2 Å². The Morgan fingerprint density at radius 1 is 1.26 bits per heavy atom. The van der Waals surface area contributed by atoms with Crippen molar-refractivity contribution in [2.24, 2.45) is 11.3 Å². The number of aliphatic hydroxyl groups excluding tert-OH is 1. The maximum Gasteiger partial charge on any atom is 0.157 e. The molecule has 0 aromatic carbocycles. The number of hydrogen-bond donors (Lipinski definition) is 1. The second-order valence-electron chi connectivity index (χ2n) is 6.88. The molecule has 0 heterocycles. The van der Waals surface area contributed by atoms with Gasteiger partial charge in [-0.25, -0.2) is 0 Å². The van der Waals surface area contributed by atoms with Crippen LogP contribution in [0.15, 0.2) is 0 Å². The van der Waals surface area contributed by atoms with E-state index in [1.54, 1.807) is 0 Å². The first-order valence-electron chi connectivity index (χ1n) is 7.84. The molecule has 2 atom stereocenters. The molecule has 0 aromatic heterocycles. The minimum atomic E-state index is -0.539. The number of halogens is 1. The van der Waals surface area contributed by atoms with Crippen LogP contribution in [0.2, 0.25) is 0 Å². The Balaban J connectivity index is 2.20. The lowest BCUT2D eigenvalue weighted by Gasteiger charge is -2.28. The van der Waals surface area contributed by atoms with Gasteiger partial charge in [0.1, 0.15) is 0 Å². The molecule has 1 unspecified atom stereocenters. The van der Waals surface area contributed by atoms with E-state index < -0.39 is 6.29 Å². The summed E-state index contributed by atoms with van der Waals surface area (Å²) in [5.41, 5.74) is 0.379. The quantitative estimate of drug-likeness (QED) is 0.481. The second-order valence-corrected chi connectivity index (χ2v) is 7.67. The average Bonchev–Trinajstić information content (AvgIpc) is 2.88. The fourth-order valence-electron chi connectivity index (χ4n) is 2.92. The molecule has 0 spiro atoms. The van der Waals surface area contributed by atoms with E-state index in [1.165, 1.54) is 32.1 Å². The summed E-state index contributed by atoms with van der Waals surface area (Å²) < 4.78 is 5.78. The van der Waals surface area contributed by atoms with Crippen LogP contribution in [0.3, 0.4) is 0 Å². The molecule has 0 bridgehead atoms. The minimum absolute atomic E-state index is 0.166. The maximum atomic E-state index is 10.1. The molecule has 1 fully saturated rings. The monoisotopic (exact) mass is 334 g/mol. The summed E-state index contributed by atoms with van der Waals surface area (Å²) in [7, 11) is 0. The van der Waals surface area contributed by atoms with E-state index >= 15 is 0 Å². The van der Waals surface area contributed by atoms with Crippen molar-refractivity contribution < 1.29 is 9.84 Å². The Bertz CT molecular complexity index is 237. The van der Waals surface area contributed by atoms with Crippen LogP contribution in [0.4, 0.5) is 0 Å². The van der Waals surface area contributed by atoms with Crippen molar-refractivity contribution in [3.8, 4) is 0 Å². The van der Waals surface area contributed by atoms with Crippen LogP contribution in [0.1, 0.15) is 72.1 Å². The highest BCUT2D eigenvalue weighted by atomic mass is 79.9. The summed E-state index contributed by atoms with van der Waals surface area (Å²) in [6.07, 6.45) is 9.07. The smallest absolute Gasteiger partial charge is 0.157 e. The Labute approximate surface area is 127 Å². The van der Waals surface area contributed by atoms with Crippen molar-refractivity contribution in [2.75, 3.05) is 5.33 Å². The number of rotatable bonds is 9. The zero-order valence-electron chi connectivity index (χ0n) is 12.8. The van der Waals surface area contributed by atoms with Crippen LogP contribution in [0, 0.1) is 11.3 Å². The number of alkyl halides is 1. The van der Waals surface area contributed by atoms with E-state index in [0.717, 1.165) is 24.6 Å². The van der Waals surface area contributed by atoms with Gasteiger partial charge >= 0.3 is 0 Å². The van der Waals surface area contributed by atoms with Crippen LogP contribution in [0.25, 0.3) is 0 Å². The van der Waals surface area contributed by atoms with E-state index in [0.29, 0.717) is 11.3 Å². The van der Waals surface area contributed by atoms with Crippen LogP contribution in [-0.2, 0) is 4.74 Å². The first kappa shape index (κ1) is 17.5. The highest BCUT2D eigenvalue weighted by Crippen LogP contribution is 2.32. The van der Waals surface area contributed by atoms with Crippen molar-refractivity contribution in [3.63, 3.8) is 0 Å². The predicted octanol–water partition coefficient (Wildman–Crippen LogP) is 4.88. The molecule has 19 heavy (non-hydrogen) atoms. The molecule has 0 saturated heterocycles. The molecule has 2 nitrogen and oxygen atoms in total. The Morgan fingerprint density at radius 3 is 2.47 bits per heavy atom. The van der Waals surface area contributed by atoms with Gasteiger partial charge in [-0.1, -0.05) is 42.6 Å². The van der Waals surface area contributed by atoms with Gasteiger partial charge in [-0.2, -0.15) is 0 Å². The summed E-state index contributed by atoms with van der Waals surface area (Å²) >= 11 is 3.49. The Kier molecular flexibility index (Phi) is 7.93. The summed E-state index contributed by atoms with van der Waals surface area (Å²) in [6.45, 7) is 6.75. The predicted molar refractivity (Wildman–Crippen MR) is 84.6 cm³/mol. The number of hydrogen-bond acceptors (Lipinski definition) is 2. The molecule has 0 aromatic rings. The number of aliphatic hydroxyl groups is 1. The van der Waals surface area contributed by atoms with Crippen molar-refractivity contribution >= 4 is 15.9 Å². The summed E-state index contributed by atoms with van der Waals surface area (Å²) in [5, 5.41) is 11.1. The van der Waals surface area contributed by atoms with Gasteiger partial charge in [-0.3, -0.25) is 0 Å². The van der Waals surface area contributed by atoms with Crippen LogP contribution < -0.4 is 0 Å². The molecule has 0 radical (unpaired) electrons. The summed E-state index contributed by atoms with van der Waals surface area (Å²) in [5.74, 6) is 0.379. The third-order valence-electron chi connectivity index (χ3n) is 4.39. The van der Waals surface area contributed by atoms with E-state index in [9.17, 15) is 5.11 Å². The zero-order valence-corrected chi connectivity index (χ0v) is 14.4. The van der Waals surface area contributed by atoms with Crippen LogP contribution >= 0.6 is 15.9 Å². The third-order valence-corrected chi connectivity index (χ3v) is 4.95. The normalized spacial score (nSPS) is 20.7. The van der Waals surface area contributed by atoms with Crippen molar-refractivity contribution in [1.29, 1.82) is 0 Å². The van der Waals surface area contributed by atoms with Gasteiger partial charge in [0.25, 0.3) is 0 Å². The largest absolute Gasteiger partial charge is 0.368 e. The van der Waals surface area contributed by atoms with Crippen LogP contribution in [0.5, 0.6) is 0 Å².